The third kappa shape index (κ3) is 4.71. The zero-order valence-corrected chi connectivity index (χ0v) is 8.70. The average Bonchev–Trinajstić information content (AvgIpc) is 1.85. The molecular formula is C7H10MgO3S. The van der Waals surface area contributed by atoms with Crippen molar-refractivity contribution >= 4 is 33.2 Å². The van der Waals surface area contributed by atoms with Gasteiger partial charge >= 0.3 is 23.1 Å². The Balaban J connectivity index is -0.000000403. The summed E-state index contributed by atoms with van der Waals surface area (Å²) in [4.78, 5) is 0. The number of hydrogen-bond donors (Lipinski definition) is 1. The van der Waals surface area contributed by atoms with Crippen molar-refractivity contribution in [3.63, 3.8) is 0 Å². The van der Waals surface area contributed by atoms with E-state index in [9.17, 15) is 8.42 Å². The van der Waals surface area contributed by atoms with Gasteiger partial charge in [-0.05, 0) is 5.56 Å². The minimum Gasteiger partial charge on any atom is -1.00 e. The van der Waals surface area contributed by atoms with Crippen LogP contribution in [0.3, 0.4) is 0 Å². The van der Waals surface area contributed by atoms with Gasteiger partial charge in [-0.2, -0.15) is 8.42 Å². The Morgan fingerprint density at radius 2 is 1.75 bits per heavy atom. The van der Waals surface area contributed by atoms with E-state index in [1.165, 1.54) is 0 Å². The molecule has 0 aliphatic rings. The summed E-state index contributed by atoms with van der Waals surface area (Å²) in [5.41, 5.74) is 0.593. The number of hydrogen-bond acceptors (Lipinski definition) is 2. The van der Waals surface area contributed by atoms with Crippen LogP contribution in [0.4, 0.5) is 0 Å². The Morgan fingerprint density at radius 1 is 1.25 bits per heavy atom. The summed E-state index contributed by atoms with van der Waals surface area (Å²) < 4.78 is 29.2. The summed E-state index contributed by atoms with van der Waals surface area (Å²) in [5.74, 6) is -0.312. The molecule has 0 saturated carbocycles. The van der Waals surface area contributed by atoms with Gasteiger partial charge in [-0.25, -0.2) is 0 Å². The third-order valence-electron chi connectivity index (χ3n) is 1.19. The van der Waals surface area contributed by atoms with Gasteiger partial charge in [0.25, 0.3) is 10.1 Å². The molecule has 0 amide bonds. The number of rotatable bonds is 2. The molecule has 0 bridgehead atoms. The minimum atomic E-state index is -3.88. The molecule has 0 unspecified atom stereocenters. The maximum absolute atomic E-state index is 10.4. The third-order valence-corrected chi connectivity index (χ3v) is 1.89. The molecule has 12 heavy (non-hydrogen) atoms. The van der Waals surface area contributed by atoms with Crippen LogP contribution in [0.25, 0.3) is 0 Å². The average molecular weight is 199 g/mol. The topological polar surface area (TPSA) is 54.4 Å². The van der Waals surface area contributed by atoms with E-state index in [0.29, 0.717) is 5.56 Å². The van der Waals surface area contributed by atoms with E-state index in [2.05, 4.69) is 0 Å². The van der Waals surface area contributed by atoms with Gasteiger partial charge < -0.3 is 2.85 Å². The first-order valence-electron chi connectivity index (χ1n) is 3.07. The zero-order valence-electron chi connectivity index (χ0n) is 8.47. The molecule has 0 fully saturated rings. The van der Waals surface area contributed by atoms with Crippen LogP contribution in [0, 0.1) is 0 Å². The maximum Gasteiger partial charge on any atom is 2.00 e. The summed E-state index contributed by atoms with van der Waals surface area (Å²) in [5, 5.41) is 0. The molecule has 0 saturated heterocycles. The Labute approximate surface area is 90.7 Å². The van der Waals surface area contributed by atoms with Gasteiger partial charge in [0, 0.05) is 0 Å². The second-order valence-electron chi connectivity index (χ2n) is 2.21. The van der Waals surface area contributed by atoms with Crippen LogP contribution in [0.15, 0.2) is 30.3 Å². The second-order valence-corrected chi connectivity index (χ2v) is 3.66. The second kappa shape index (κ2) is 4.81. The van der Waals surface area contributed by atoms with Crippen LogP contribution in [-0.4, -0.2) is 36.0 Å². The summed E-state index contributed by atoms with van der Waals surface area (Å²) in [6.45, 7) is 0. The number of benzene rings is 1. The molecule has 0 spiro atoms. The van der Waals surface area contributed by atoms with Crippen LogP contribution in [-0.2, 0) is 15.9 Å². The van der Waals surface area contributed by atoms with Crippen LogP contribution in [0.1, 0.15) is 8.42 Å². The van der Waals surface area contributed by atoms with Gasteiger partial charge in [-0.3, -0.25) is 4.55 Å². The Morgan fingerprint density at radius 3 is 2.17 bits per heavy atom. The Hall–Kier alpha value is -0.104. The van der Waals surface area contributed by atoms with Crippen molar-refractivity contribution in [1.82, 2.24) is 0 Å². The fourth-order valence-electron chi connectivity index (χ4n) is 0.785. The molecule has 1 N–H and O–H groups in total. The molecule has 64 valence electrons. The van der Waals surface area contributed by atoms with Crippen molar-refractivity contribution in [1.29, 1.82) is 0 Å². The molecule has 5 heteroatoms. The predicted octanol–water partition coefficient (Wildman–Crippen LogP) is 0.919. The molecule has 0 aromatic heterocycles. The maximum atomic E-state index is 10.4. The van der Waals surface area contributed by atoms with Crippen molar-refractivity contribution in [3.8, 4) is 0 Å². The van der Waals surface area contributed by atoms with E-state index < -0.39 is 10.1 Å². The first kappa shape index (κ1) is 11.9. The van der Waals surface area contributed by atoms with Crippen LogP contribution < -0.4 is 0 Å². The van der Waals surface area contributed by atoms with Crippen LogP contribution >= 0.6 is 0 Å². The summed E-state index contributed by atoms with van der Waals surface area (Å²) in [6.07, 6.45) is 0. The molecule has 0 heterocycles. The molecule has 1 aromatic rings. The van der Waals surface area contributed by atoms with Gasteiger partial charge in [-0.15, -0.1) is 0 Å². The summed E-state index contributed by atoms with van der Waals surface area (Å²) in [7, 11) is -3.88. The van der Waals surface area contributed by atoms with Crippen LogP contribution in [0.5, 0.6) is 0 Å². The molecule has 1 aromatic carbocycles. The molecule has 0 atom stereocenters. The van der Waals surface area contributed by atoms with E-state index in [0.717, 1.165) is 0 Å². The van der Waals surface area contributed by atoms with E-state index in [1.54, 1.807) is 30.3 Å². The fourth-order valence-corrected chi connectivity index (χ4v) is 1.40. The SMILES string of the molecule is O=S(=O)(O)Cc1ccccc1.[H-].[H-].[Mg+2]. The smallest absolute Gasteiger partial charge is 1.00 e. The van der Waals surface area contributed by atoms with Gasteiger partial charge in [0.05, 0.1) is 0 Å². The standard InChI is InChI=1S/C7H8O3S.Mg.2H/c8-11(9,10)6-7-4-2-1-3-5-7;;;/h1-5H,6H2,(H,8,9,10);;;/q;+2;2*-1. The van der Waals surface area contributed by atoms with Crippen molar-refractivity contribution in [2.75, 3.05) is 0 Å². The van der Waals surface area contributed by atoms with E-state index in [1.807, 2.05) is 0 Å². The molecule has 0 aliphatic heterocycles. The van der Waals surface area contributed by atoms with Crippen molar-refractivity contribution in [3.05, 3.63) is 35.9 Å². The normalized spacial score (nSPS) is 10.4. The van der Waals surface area contributed by atoms with Gasteiger partial charge in [-0.1, -0.05) is 30.3 Å². The molecule has 3 nitrogen and oxygen atoms in total. The van der Waals surface area contributed by atoms with Crippen molar-refractivity contribution < 1.29 is 15.8 Å². The molecule has 0 aliphatic carbocycles. The quantitative estimate of drug-likeness (QED) is 0.568. The Kier molecular flexibility index (Phi) is 4.77. The van der Waals surface area contributed by atoms with E-state index in [4.69, 9.17) is 4.55 Å². The first-order chi connectivity index (χ1) is 5.08. The van der Waals surface area contributed by atoms with Gasteiger partial charge in [0.15, 0.2) is 0 Å². The molecule has 1 rings (SSSR count). The van der Waals surface area contributed by atoms with Gasteiger partial charge in [0.2, 0.25) is 0 Å². The Bertz CT molecular complexity index is 328. The largest absolute Gasteiger partial charge is 2.00 e. The predicted molar refractivity (Wildman–Crippen MR) is 49.7 cm³/mol. The molecular weight excluding hydrogens is 188 g/mol. The first-order valence-corrected chi connectivity index (χ1v) is 4.68. The monoisotopic (exact) mass is 198 g/mol. The van der Waals surface area contributed by atoms with E-state index >= 15 is 0 Å². The van der Waals surface area contributed by atoms with E-state index in [-0.39, 0.29) is 31.7 Å². The van der Waals surface area contributed by atoms with Gasteiger partial charge in [0.1, 0.15) is 5.75 Å². The minimum absolute atomic E-state index is 0. The molecule has 0 radical (unpaired) electrons. The zero-order chi connectivity index (χ0) is 8.32. The van der Waals surface area contributed by atoms with Crippen molar-refractivity contribution in [2.45, 2.75) is 5.75 Å². The summed E-state index contributed by atoms with van der Waals surface area (Å²) >= 11 is 0. The fraction of sp³-hybridized carbons (Fsp3) is 0.143. The summed E-state index contributed by atoms with van der Waals surface area (Å²) in [6, 6.07) is 8.52. The van der Waals surface area contributed by atoms with Crippen molar-refractivity contribution in [2.24, 2.45) is 0 Å². The van der Waals surface area contributed by atoms with Crippen LogP contribution in [0.2, 0.25) is 0 Å².